The summed E-state index contributed by atoms with van der Waals surface area (Å²) in [6.07, 6.45) is 0.831. The molecule has 1 rings (SSSR count). The molecule has 1 heterocycles. The summed E-state index contributed by atoms with van der Waals surface area (Å²) in [5, 5.41) is 11.2. The quantitative estimate of drug-likeness (QED) is 0.694. The van der Waals surface area contributed by atoms with Crippen LogP contribution in [0.3, 0.4) is 0 Å². The highest BCUT2D eigenvalue weighted by Gasteiger charge is 2.28. The minimum Gasteiger partial charge on any atom is -0.479 e. The normalized spacial score (nSPS) is 25.6. The van der Waals surface area contributed by atoms with Crippen molar-refractivity contribution in [2.45, 2.75) is 31.5 Å². The lowest BCUT2D eigenvalue weighted by Gasteiger charge is -2.23. The lowest BCUT2D eigenvalue weighted by atomic mass is 10.0. The van der Waals surface area contributed by atoms with Crippen LogP contribution in [0.4, 0.5) is 4.39 Å². The molecule has 0 amide bonds. The summed E-state index contributed by atoms with van der Waals surface area (Å²) < 4.78 is 12.7. The van der Waals surface area contributed by atoms with Crippen LogP contribution in [-0.4, -0.2) is 29.8 Å². The average molecular weight is 198 g/mol. The van der Waals surface area contributed by atoms with E-state index in [1.807, 2.05) is 0 Å². The molecule has 0 aromatic rings. The molecule has 1 fully saturated rings. The number of halogens is 2. The third-order valence-electron chi connectivity index (χ3n) is 1.94. The van der Waals surface area contributed by atoms with Gasteiger partial charge >= 0.3 is 5.97 Å². The molecule has 0 aliphatic carbocycles. The Morgan fingerprint density at radius 2 is 2.25 bits per heavy atom. The number of hydrogen-bond donors (Lipinski definition) is 2. The minimum atomic E-state index is -1.74. The smallest absolute Gasteiger partial charge is 0.339 e. The fourth-order valence-electron chi connectivity index (χ4n) is 1.30. The number of aliphatic carboxylic acids is 1. The molecule has 2 N–H and O–H groups in total. The van der Waals surface area contributed by atoms with Crippen LogP contribution in [0.2, 0.25) is 0 Å². The molecule has 1 aliphatic heterocycles. The van der Waals surface area contributed by atoms with Crippen molar-refractivity contribution >= 4 is 18.4 Å². The van der Waals surface area contributed by atoms with Crippen molar-refractivity contribution in [2.24, 2.45) is 0 Å². The van der Waals surface area contributed by atoms with Gasteiger partial charge in [-0.15, -0.1) is 12.4 Å². The van der Waals surface area contributed by atoms with E-state index in [0.717, 1.165) is 19.4 Å². The lowest BCUT2D eigenvalue weighted by Crippen LogP contribution is -2.44. The van der Waals surface area contributed by atoms with E-state index in [9.17, 15) is 9.18 Å². The molecule has 0 radical (unpaired) electrons. The Kier molecular flexibility index (Phi) is 5.17. The van der Waals surface area contributed by atoms with Crippen molar-refractivity contribution in [1.29, 1.82) is 0 Å². The number of carbonyl (C=O) groups is 1. The first kappa shape index (κ1) is 11.6. The van der Waals surface area contributed by atoms with Gasteiger partial charge < -0.3 is 10.4 Å². The number of rotatable bonds is 2. The predicted molar refractivity (Wildman–Crippen MR) is 45.4 cm³/mol. The maximum absolute atomic E-state index is 12.7. The van der Waals surface area contributed by atoms with Crippen molar-refractivity contribution in [3.63, 3.8) is 0 Å². The lowest BCUT2D eigenvalue weighted by molar-refractivity contribution is -0.144. The van der Waals surface area contributed by atoms with Crippen molar-refractivity contribution < 1.29 is 14.3 Å². The van der Waals surface area contributed by atoms with Crippen LogP contribution in [0.1, 0.15) is 19.3 Å². The highest BCUT2D eigenvalue weighted by atomic mass is 35.5. The molecule has 0 spiro atoms. The molecule has 5 heteroatoms. The fourth-order valence-corrected chi connectivity index (χ4v) is 1.30. The Morgan fingerprint density at radius 3 is 2.67 bits per heavy atom. The monoisotopic (exact) mass is 197 g/mol. The molecule has 1 aliphatic rings. The Balaban J connectivity index is 0.00000121. The van der Waals surface area contributed by atoms with Gasteiger partial charge in [0.25, 0.3) is 0 Å². The molecule has 0 aromatic carbocycles. The van der Waals surface area contributed by atoms with E-state index in [1.165, 1.54) is 0 Å². The van der Waals surface area contributed by atoms with Crippen molar-refractivity contribution in [2.75, 3.05) is 6.54 Å². The van der Waals surface area contributed by atoms with Gasteiger partial charge in [-0.05, 0) is 19.4 Å². The SMILES string of the molecule is Cl.O=C(O)C(F)C1CCCCN1. The highest BCUT2D eigenvalue weighted by Crippen LogP contribution is 2.12. The Labute approximate surface area is 76.7 Å². The van der Waals surface area contributed by atoms with Crippen LogP contribution in [0.5, 0.6) is 0 Å². The second-order valence-electron chi connectivity index (χ2n) is 2.80. The topological polar surface area (TPSA) is 49.3 Å². The van der Waals surface area contributed by atoms with Gasteiger partial charge in [0, 0.05) is 6.04 Å². The maximum atomic E-state index is 12.7. The molecule has 0 bridgehead atoms. The van der Waals surface area contributed by atoms with E-state index in [0.29, 0.717) is 6.42 Å². The van der Waals surface area contributed by atoms with Crippen LogP contribution in [-0.2, 0) is 4.79 Å². The zero-order valence-corrected chi connectivity index (χ0v) is 7.44. The molecule has 2 atom stereocenters. The molecule has 72 valence electrons. The Hall–Kier alpha value is -0.350. The molecule has 0 saturated carbocycles. The largest absolute Gasteiger partial charge is 0.479 e. The van der Waals surface area contributed by atoms with Gasteiger partial charge in [0.2, 0.25) is 6.17 Å². The third kappa shape index (κ3) is 2.95. The summed E-state index contributed by atoms with van der Waals surface area (Å²) in [6.45, 7) is 0.734. The first-order chi connectivity index (χ1) is 5.22. The van der Waals surface area contributed by atoms with Gasteiger partial charge in [0.1, 0.15) is 0 Å². The van der Waals surface area contributed by atoms with E-state index in [1.54, 1.807) is 0 Å². The van der Waals surface area contributed by atoms with Gasteiger partial charge in [-0.3, -0.25) is 0 Å². The molecule has 3 nitrogen and oxygen atoms in total. The van der Waals surface area contributed by atoms with Gasteiger partial charge in [0.05, 0.1) is 0 Å². The van der Waals surface area contributed by atoms with E-state index >= 15 is 0 Å². The first-order valence-electron chi connectivity index (χ1n) is 3.82. The number of alkyl halides is 1. The van der Waals surface area contributed by atoms with Crippen LogP contribution in [0.15, 0.2) is 0 Å². The molecule has 1 saturated heterocycles. The second kappa shape index (κ2) is 5.32. The predicted octanol–water partition coefficient (Wildman–Crippen LogP) is 0.973. The number of nitrogens with one attached hydrogen (secondary N) is 1. The summed E-state index contributed by atoms with van der Waals surface area (Å²) in [6, 6.07) is -0.471. The fraction of sp³-hybridized carbons (Fsp3) is 0.857. The number of carboxylic acids is 1. The van der Waals surface area contributed by atoms with E-state index in [2.05, 4.69) is 5.32 Å². The zero-order chi connectivity index (χ0) is 8.27. The van der Waals surface area contributed by atoms with Gasteiger partial charge in [-0.2, -0.15) is 0 Å². The van der Waals surface area contributed by atoms with Crippen molar-refractivity contribution in [3.05, 3.63) is 0 Å². The molecular weight excluding hydrogens is 185 g/mol. The summed E-state index contributed by atoms with van der Waals surface area (Å²) >= 11 is 0. The van der Waals surface area contributed by atoms with Crippen molar-refractivity contribution in [3.8, 4) is 0 Å². The molecule has 12 heavy (non-hydrogen) atoms. The summed E-state index contributed by atoms with van der Waals surface area (Å²) in [5.41, 5.74) is 0. The van der Waals surface area contributed by atoms with E-state index in [4.69, 9.17) is 5.11 Å². The molecular formula is C7H13ClFNO2. The maximum Gasteiger partial charge on any atom is 0.339 e. The molecule has 2 unspecified atom stereocenters. The van der Waals surface area contributed by atoms with E-state index in [-0.39, 0.29) is 12.4 Å². The summed E-state index contributed by atoms with van der Waals surface area (Å²) in [5.74, 6) is -1.36. The number of piperidine rings is 1. The number of carboxylic acid groups (broad SMARTS) is 1. The Bertz CT molecular complexity index is 150. The zero-order valence-electron chi connectivity index (χ0n) is 6.62. The second-order valence-corrected chi connectivity index (χ2v) is 2.80. The molecule has 0 aromatic heterocycles. The van der Waals surface area contributed by atoms with E-state index < -0.39 is 18.2 Å². The first-order valence-corrected chi connectivity index (χ1v) is 3.82. The summed E-state index contributed by atoms with van der Waals surface area (Å²) in [4.78, 5) is 10.2. The van der Waals surface area contributed by atoms with Gasteiger partial charge in [0.15, 0.2) is 0 Å². The minimum absolute atomic E-state index is 0. The van der Waals surface area contributed by atoms with Crippen LogP contribution in [0.25, 0.3) is 0 Å². The summed E-state index contributed by atoms with van der Waals surface area (Å²) in [7, 11) is 0. The highest BCUT2D eigenvalue weighted by molar-refractivity contribution is 5.85. The number of hydrogen-bond acceptors (Lipinski definition) is 2. The van der Waals surface area contributed by atoms with Crippen molar-refractivity contribution in [1.82, 2.24) is 5.32 Å². The average Bonchev–Trinajstić information content (AvgIpc) is 2.05. The van der Waals surface area contributed by atoms with Crippen LogP contribution < -0.4 is 5.32 Å². The standard InChI is InChI=1S/C7H12FNO2.ClH/c8-6(7(10)11)5-3-1-2-4-9-5;/h5-6,9H,1-4H2,(H,10,11);1H. The Morgan fingerprint density at radius 1 is 1.58 bits per heavy atom. The van der Waals surface area contributed by atoms with Gasteiger partial charge in [-0.1, -0.05) is 6.42 Å². The van der Waals surface area contributed by atoms with Crippen LogP contribution >= 0.6 is 12.4 Å². The third-order valence-corrected chi connectivity index (χ3v) is 1.94. The van der Waals surface area contributed by atoms with Gasteiger partial charge in [-0.25, -0.2) is 9.18 Å². The van der Waals surface area contributed by atoms with Crippen LogP contribution in [0, 0.1) is 0 Å².